The minimum Gasteiger partial charge on any atom is -0.508 e. The van der Waals surface area contributed by atoms with Gasteiger partial charge in [0.2, 0.25) is 0 Å². The van der Waals surface area contributed by atoms with Crippen LogP contribution in [-0.2, 0) is 4.79 Å². The summed E-state index contributed by atoms with van der Waals surface area (Å²) < 4.78 is 5.87. The lowest BCUT2D eigenvalue weighted by Crippen LogP contribution is -2.38. The number of unbranched alkanes of at least 4 members (excludes halogenated alkanes) is 2. The Bertz CT molecular complexity index is 837. The first-order valence-electron chi connectivity index (χ1n) is 12.1. The van der Waals surface area contributed by atoms with E-state index in [0.717, 1.165) is 48.9 Å². The van der Waals surface area contributed by atoms with E-state index in [9.17, 15) is 9.90 Å². The van der Waals surface area contributed by atoms with Gasteiger partial charge in [-0.25, -0.2) is 0 Å². The van der Waals surface area contributed by atoms with Gasteiger partial charge in [-0.1, -0.05) is 50.1 Å². The molecule has 0 aliphatic heterocycles. The fourth-order valence-electron chi connectivity index (χ4n) is 4.46. The van der Waals surface area contributed by atoms with E-state index in [1.54, 1.807) is 12.1 Å². The van der Waals surface area contributed by atoms with E-state index in [4.69, 9.17) is 4.74 Å². The Balaban J connectivity index is 2.43. The first-order valence-corrected chi connectivity index (χ1v) is 12.1. The maximum Gasteiger partial charge on any atom is 0.311 e. The van der Waals surface area contributed by atoms with Crippen LogP contribution < -0.4 is 4.74 Å². The molecular weight excluding hydrogens is 398 g/mol. The summed E-state index contributed by atoms with van der Waals surface area (Å²) in [4.78, 5) is 15.0. The van der Waals surface area contributed by atoms with Crippen LogP contribution >= 0.6 is 0 Å². The van der Waals surface area contributed by atoms with Crippen molar-refractivity contribution < 1.29 is 14.6 Å². The fourth-order valence-corrected chi connectivity index (χ4v) is 4.46. The number of benzene rings is 2. The van der Waals surface area contributed by atoms with Crippen LogP contribution in [0.2, 0.25) is 0 Å². The van der Waals surface area contributed by atoms with Crippen molar-refractivity contribution in [2.24, 2.45) is 0 Å². The molecule has 176 valence electrons. The molecule has 0 aliphatic rings. The van der Waals surface area contributed by atoms with Crippen LogP contribution in [0, 0.1) is 6.92 Å². The maximum absolute atomic E-state index is 12.5. The van der Waals surface area contributed by atoms with Crippen molar-refractivity contribution in [2.45, 2.75) is 91.6 Å². The molecule has 0 fully saturated rings. The van der Waals surface area contributed by atoms with Gasteiger partial charge in [-0.3, -0.25) is 9.69 Å². The number of phenolic OH excluding ortho intramolecular Hbond substituents is 1. The van der Waals surface area contributed by atoms with Crippen LogP contribution in [0.25, 0.3) is 0 Å². The predicted octanol–water partition coefficient (Wildman–Crippen LogP) is 6.83. The van der Waals surface area contributed by atoms with E-state index < -0.39 is 0 Å². The molecule has 0 bridgehead atoms. The summed E-state index contributed by atoms with van der Waals surface area (Å²) in [6, 6.07) is 14.6. The average molecular weight is 440 g/mol. The highest BCUT2D eigenvalue weighted by atomic mass is 16.5. The summed E-state index contributed by atoms with van der Waals surface area (Å²) in [7, 11) is 0. The zero-order chi connectivity index (χ0) is 23.7. The number of phenols is 1. The first kappa shape index (κ1) is 25.9. The summed E-state index contributed by atoms with van der Waals surface area (Å²) in [5.41, 5.74) is 2.85. The Morgan fingerprint density at radius 3 is 2.25 bits per heavy atom. The number of esters is 1. The molecule has 4 heteroatoms. The number of hydrogen-bond acceptors (Lipinski definition) is 4. The number of ether oxygens (including phenoxy) is 1. The van der Waals surface area contributed by atoms with Crippen LogP contribution in [0.5, 0.6) is 11.5 Å². The predicted molar refractivity (Wildman–Crippen MR) is 133 cm³/mol. The first-order chi connectivity index (χ1) is 15.3. The van der Waals surface area contributed by atoms with Crippen LogP contribution in [0.15, 0.2) is 42.5 Å². The molecule has 2 rings (SSSR count). The Hall–Kier alpha value is -2.33. The second-order valence-corrected chi connectivity index (χ2v) is 9.23. The molecule has 0 aliphatic carbocycles. The highest BCUT2D eigenvalue weighted by molar-refractivity contribution is 5.73. The lowest BCUT2D eigenvalue weighted by Gasteiger charge is -2.33. The smallest absolute Gasteiger partial charge is 0.311 e. The second kappa shape index (κ2) is 12.6. The maximum atomic E-state index is 12.5. The number of nitrogens with zero attached hydrogens (tertiary/aromatic N) is 1. The summed E-state index contributed by atoms with van der Waals surface area (Å²) in [5.74, 6) is 0.608. The molecule has 4 nitrogen and oxygen atoms in total. The van der Waals surface area contributed by atoms with Gasteiger partial charge in [-0.15, -0.1) is 0 Å². The fraction of sp³-hybridized carbons (Fsp3) is 0.536. The van der Waals surface area contributed by atoms with Gasteiger partial charge in [0.25, 0.3) is 0 Å². The third-order valence-electron chi connectivity index (χ3n) is 6.21. The highest BCUT2D eigenvalue weighted by Gasteiger charge is 2.25. The van der Waals surface area contributed by atoms with Crippen molar-refractivity contribution in [1.29, 1.82) is 0 Å². The number of rotatable bonds is 12. The molecule has 0 spiro atoms. The lowest BCUT2D eigenvalue weighted by atomic mass is 9.84. The van der Waals surface area contributed by atoms with Crippen LogP contribution in [0.3, 0.4) is 0 Å². The summed E-state index contributed by atoms with van der Waals surface area (Å²) in [6.07, 6.45) is 4.20. The van der Waals surface area contributed by atoms with E-state index in [0.29, 0.717) is 24.3 Å². The number of aromatic hydroxyl groups is 1. The molecule has 32 heavy (non-hydrogen) atoms. The third-order valence-corrected chi connectivity index (χ3v) is 6.21. The Morgan fingerprint density at radius 1 is 1.00 bits per heavy atom. The molecule has 0 saturated heterocycles. The van der Waals surface area contributed by atoms with Crippen molar-refractivity contribution in [3.63, 3.8) is 0 Å². The largest absolute Gasteiger partial charge is 0.508 e. The molecule has 0 heterocycles. The van der Waals surface area contributed by atoms with Crippen molar-refractivity contribution in [3.8, 4) is 11.5 Å². The monoisotopic (exact) mass is 439 g/mol. The zero-order valence-corrected chi connectivity index (χ0v) is 20.7. The minimum atomic E-state index is -0.206. The zero-order valence-electron chi connectivity index (χ0n) is 20.7. The van der Waals surface area contributed by atoms with Crippen LogP contribution in [0.4, 0.5) is 0 Å². The lowest BCUT2D eigenvalue weighted by molar-refractivity contribution is -0.134. The Labute approximate surface area is 194 Å². The van der Waals surface area contributed by atoms with Crippen molar-refractivity contribution in [2.75, 3.05) is 6.54 Å². The SMILES string of the molecule is CCCCCC(=O)Oc1ccc(O)c(C)c1C(CCN(C(C)C)C(C)C)c1ccccc1. The van der Waals surface area contributed by atoms with Crippen LogP contribution in [0.1, 0.15) is 89.3 Å². The Morgan fingerprint density at radius 2 is 1.66 bits per heavy atom. The molecule has 0 amide bonds. The Kier molecular flexibility index (Phi) is 10.2. The number of carbonyl (C=O) groups excluding carboxylic acids is 1. The quantitative estimate of drug-likeness (QED) is 0.224. The minimum absolute atomic E-state index is 0.0155. The van der Waals surface area contributed by atoms with E-state index in [2.05, 4.69) is 51.7 Å². The summed E-state index contributed by atoms with van der Waals surface area (Å²) in [5, 5.41) is 10.5. The van der Waals surface area contributed by atoms with Gasteiger partial charge in [-0.2, -0.15) is 0 Å². The molecule has 1 unspecified atom stereocenters. The van der Waals surface area contributed by atoms with Gasteiger partial charge in [0.1, 0.15) is 11.5 Å². The van der Waals surface area contributed by atoms with E-state index >= 15 is 0 Å². The standard InChI is InChI=1S/C28H41NO3/c1-7-8-10-15-27(31)32-26-17-16-25(30)22(6)28(26)24(23-13-11-9-12-14-23)18-19-29(20(2)3)21(4)5/h9,11-14,16-17,20-21,24,30H,7-8,10,15,18-19H2,1-6H3. The summed E-state index contributed by atoms with van der Waals surface area (Å²) in [6.45, 7) is 13.8. The van der Waals surface area contributed by atoms with Crippen molar-refractivity contribution in [1.82, 2.24) is 4.90 Å². The van der Waals surface area contributed by atoms with Crippen molar-refractivity contribution >= 4 is 5.97 Å². The van der Waals surface area contributed by atoms with E-state index in [-0.39, 0.29) is 17.6 Å². The van der Waals surface area contributed by atoms with Crippen LogP contribution in [-0.4, -0.2) is 34.6 Å². The van der Waals surface area contributed by atoms with E-state index in [1.165, 1.54) is 0 Å². The molecule has 0 saturated carbocycles. The normalized spacial score (nSPS) is 12.5. The van der Waals surface area contributed by atoms with Gasteiger partial charge < -0.3 is 9.84 Å². The molecule has 1 N–H and O–H groups in total. The van der Waals surface area contributed by atoms with Gasteiger partial charge >= 0.3 is 5.97 Å². The highest BCUT2D eigenvalue weighted by Crippen LogP contribution is 2.40. The van der Waals surface area contributed by atoms with Gasteiger partial charge in [0.15, 0.2) is 0 Å². The molecule has 0 radical (unpaired) electrons. The average Bonchev–Trinajstić information content (AvgIpc) is 2.75. The molecule has 1 atom stereocenters. The molecule has 0 aromatic heterocycles. The van der Waals surface area contributed by atoms with Gasteiger partial charge in [-0.05, 0) is 77.3 Å². The molecule has 2 aromatic rings. The van der Waals surface area contributed by atoms with Gasteiger partial charge in [0.05, 0.1) is 0 Å². The number of carbonyl (C=O) groups is 1. The van der Waals surface area contributed by atoms with Crippen molar-refractivity contribution in [3.05, 3.63) is 59.2 Å². The number of hydrogen-bond donors (Lipinski definition) is 1. The van der Waals surface area contributed by atoms with E-state index in [1.807, 2.05) is 25.1 Å². The third kappa shape index (κ3) is 7.09. The molecule has 2 aromatic carbocycles. The summed E-state index contributed by atoms with van der Waals surface area (Å²) >= 11 is 0. The second-order valence-electron chi connectivity index (χ2n) is 9.23. The van der Waals surface area contributed by atoms with Gasteiger partial charge in [0, 0.05) is 30.0 Å². The molecular formula is C28H41NO3. The topological polar surface area (TPSA) is 49.8 Å².